The fraction of sp³-hybridized carbons (Fsp3) is 0.579. The molecule has 1 saturated heterocycles. The van der Waals surface area contributed by atoms with E-state index in [4.69, 9.17) is 0 Å². The summed E-state index contributed by atoms with van der Waals surface area (Å²) in [5.74, 6) is -2.30. The number of amides is 1. The van der Waals surface area contributed by atoms with Gasteiger partial charge in [-0.3, -0.25) is 9.36 Å². The van der Waals surface area contributed by atoms with Crippen molar-refractivity contribution in [3.63, 3.8) is 0 Å². The van der Waals surface area contributed by atoms with Gasteiger partial charge in [0.2, 0.25) is 5.91 Å². The molecule has 2 aliphatic heterocycles. The van der Waals surface area contributed by atoms with Crippen molar-refractivity contribution in [3.05, 3.63) is 45.6 Å². The molecule has 13 heteroatoms. The molecule has 0 saturated carbocycles. The molecule has 0 aromatic carbocycles. The Bertz CT molecular complexity index is 1090. The predicted octanol–water partition coefficient (Wildman–Crippen LogP) is 2.60. The smallest absolute Gasteiger partial charge is 0.335 e. The Morgan fingerprint density at radius 2 is 1.84 bits per heavy atom. The molecular formula is C19H19F6N5O2. The molecule has 0 spiro atoms. The van der Waals surface area contributed by atoms with Crippen molar-refractivity contribution in [2.75, 3.05) is 13.1 Å². The summed E-state index contributed by atoms with van der Waals surface area (Å²) in [6.07, 6.45) is -7.16. The lowest BCUT2D eigenvalue weighted by molar-refractivity contribution is -0.143. The molecular weight excluding hydrogens is 444 g/mol. The number of halogens is 6. The van der Waals surface area contributed by atoms with Crippen LogP contribution in [0.5, 0.6) is 0 Å². The molecule has 0 radical (unpaired) electrons. The second-order valence-corrected chi connectivity index (χ2v) is 8.07. The van der Waals surface area contributed by atoms with E-state index in [0.717, 1.165) is 26.4 Å². The molecule has 4 rings (SSSR count). The van der Waals surface area contributed by atoms with Crippen LogP contribution in [0.2, 0.25) is 0 Å². The lowest BCUT2D eigenvalue weighted by Gasteiger charge is -2.29. The van der Waals surface area contributed by atoms with E-state index < -0.39 is 72.9 Å². The van der Waals surface area contributed by atoms with Gasteiger partial charge in [-0.25, -0.2) is 27.6 Å². The molecule has 0 aliphatic carbocycles. The Balaban J connectivity index is 1.68. The summed E-state index contributed by atoms with van der Waals surface area (Å²) < 4.78 is 82.2. The monoisotopic (exact) mass is 463 g/mol. The number of rotatable bonds is 3. The molecule has 4 atom stereocenters. The van der Waals surface area contributed by atoms with Crippen LogP contribution < -0.4 is 5.69 Å². The average Bonchev–Trinajstić information content (AvgIpc) is 3.23. The van der Waals surface area contributed by atoms with E-state index in [1.807, 2.05) is 0 Å². The average molecular weight is 463 g/mol. The molecule has 4 heterocycles. The van der Waals surface area contributed by atoms with Gasteiger partial charge < -0.3 is 4.90 Å². The van der Waals surface area contributed by atoms with Crippen LogP contribution in [0.4, 0.5) is 26.3 Å². The third kappa shape index (κ3) is 3.77. The van der Waals surface area contributed by atoms with Crippen LogP contribution in [0, 0.1) is 5.82 Å². The van der Waals surface area contributed by atoms with E-state index >= 15 is 0 Å². The molecule has 174 valence electrons. The van der Waals surface area contributed by atoms with Gasteiger partial charge in [0.25, 0.3) is 0 Å². The fourth-order valence-corrected chi connectivity index (χ4v) is 4.15. The van der Waals surface area contributed by atoms with Gasteiger partial charge in [-0.15, -0.1) is 0 Å². The summed E-state index contributed by atoms with van der Waals surface area (Å²) in [7, 11) is 0. The van der Waals surface area contributed by atoms with Crippen LogP contribution >= 0.6 is 0 Å². The lowest BCUT2D eigenvalue weighted by Crippen LogP contribution is -2.42. The van der Waals surface area contributed by atoms with Gasteiger partial charge in [0.15, 0.2) is 23.9 Å². The second-order valence-electron chi connectivity index (χ2n) is 8.07. The first kappa shape index (κ1) is 22.3. The molecule has 1 amide bonds. The normalized spacial score (nSPS) is 25.8. The SMILES string of the molecule is CC1CCC(C(=O)N2C[C@@H](F)[C@@H](F)C2)n2c1nn(Cc1ccnc(C(F)(F)F)c1F)c2=O. The molecule has 7 nitrogen and oxygen atoms in total. The number of pyridine rings is 1. The zero-order valence-electron chi connectivity index (χ0n) is 16.8. The minimum Gasteiger partial charge on any atom is -0.335 e. The van der Waals surface area contributed by atoms with Crippen molar-refractivity contribution in [1.29, 1.82) is 0 Å². The Morgan fingerprint density at radius 1 is 1.19 bits per heavy atom. The highest BCUT2D eigenvalue weighted by Crippen LogP contribution is 2.34. The summed E-state index contributed by atoms with van der Waals surface area (Å²) in [6, 6.07) is -0.0398. The minimum absolute atomic E-state index is 0.206. The van der Waals surface area contributed by atoms with E-state index in [2.05, 4.69) is 10.1 Å². The minimum atomic E-state index is -5.01. The Labute approximate surface area is 177 Å². The summed E-state index contributed by atoms with van der Waals surface area (Å²) in [5.41, 5.74) is -2.97. The highest BCUT2D eigenvalue weighted by Gasteiger charge is 2.42. The number of fused-ring (bicyclic) bond motifs is 1. The van der Waals surface area contributed by atoms with E-state index in [9.17, 15) is 35.9 Å². The van der Waals surface area contributed by atoms with Crippen LogP contribution in [0.3, 0.4) is 0 Å². The van der Waals surface area contributed by atoms with Crippen molar-refractivity contribution in [2.45, 2.75) is 56.8 Å². The zero-order valence-corrected chi connectivity index (χ0v) is 16.8. The largest absolute Gasteiger partial charge is 0.436 e. The Morgan fingerprint density at radius 3 is 2.47 bits per heavy atom. The van der Waals surface area contributed by atoms with E-state index in [1.165, 1.54) is 0 Å². The molecule has 2 unspecified atom stereocenters. The van der Waals surface area contributed by atoms with Crippen LogP contribution in [0.1, 0.15) is 48.8 Å². The molecule has 1 fully saturated rings. The van der Waals surface area contributed by atoms with Gasteiger partial charge >= 0.3 is 11.9 Å². The first-order valence-electron chi connectivity index (χ1n) is 9.95. The van der Waals surface area contributed by atoms with Crippen molar-refractivity contribution in [2.24, 2.45) is 0 Å². The lowest BCUT2D eigenvalue weighted by atomic mass is 9.95. The summed E-state index contributed by atoms with van der Waals surface area (Å²) in [6.45, 7) is 0.301. The predicted molar refractivity (Wildman–Crippen MR) is 97.8 cm³/mol. The molecule has 2 aromatic heterocycles. The van der Waals surface area contributed by atoms with Crippen molar-refractivity contribution < 1.29 is 31.1 Å². The summed E-state index contributed by atoms with van der Waals surface area (Å²) in [5, 5.41) is 4.13. The second kappa shape index (κ2) is 7.93. The maximum atomic E-state index is 14.4. The molecule has 0 N–H and O–H groups in total. The van der Waals surface area contributed by atoms with Gasteiger partial charge in [0, 0.05) is 17.7 Å². The molecule has 2 aromatic rings. The number of aromatic nitrogens is 4. The third-order valence-electron chi connectivity index (χ3n) is 5.86. The Kier molecular flexibility index (Phi) is 5.53. The maximum absolute atomic E-state index is 14.4. The standard InChI is InChI=1S/C19H19F6N5O2/c1-9-2-3-13(17(31)28-7-11(20)12(21)8-28)30-16(9)27-29(18(30)32)6-10-4-5-26-15(14(10)22)19(23,24)25/h4-5,9,11-13H,2-3,6-8H2,1H3/t9?,11-,12+,13?. The highest BCUT2D eigenvalue weighted by molar-refractivity contribution is 5.81. The number of nitrogens with zero attached hydrogens (tertiary/aromatic N) is 5. The van der Waals surface area contributed by atoms with Crippen molar-refractivity contribution >= 4 is 5.91 Å². The van der Waals surface area contributed by atoms with Crippen LogP contribution in [-0.2, 0) is 17.5 Å². The topological polar surface area (TPSA) is 73.0 Å². The number of carbonyl (C=O) groups excluding carboxylic acids is 1. The number of hydrogen-bond acceptors (Lipinski definition) is 4. The number of alkyl halides is 5. The third-order valence-corrected chi connectivity index (χ3v) is 5.86. The van der Waals surface area contributed by atoms with Gasteiger partial charge in [-0.05, 0) is 18.9 Å². The van der Waals surface area contributed by atoms with Crippen LogP contribution in [0.15, 0.2) is 17.1 Å². The zero-order chi connectivity index (χ0) is 23.4. The van der Waals surface area contributed by atoms with Crippen LogP contribution in [0.25, 0.3) is 0 Å². The first-order valence-corrected chi connectivity index (χ1v) is 9.95. The summed E-state index contributed by atoms with van der Waals surface area (Å²) in [4.78, 5) is 29.9. The van der Waals surface area contributed by atoms with Gasteiger partial charge in [-0.1, -0.05) is 6.92 Å². The number of likely N-dealkylation sites (tertiary alicyclic amines) is 1. The quantitative estimate of drug-likeness (QED) is 0.657. The highest BCUT2D eigenvalue weighted by atomic mass is 19.4. The molecule has 32 heavy (non-hydrogen) atoms. The van der Waals surface area contributed by atoms with Crippen molar-refractivity contribution in [3.8, 4) is 0 Å². The fourth-order valence-electron chi connectivity index (χ4n) is 4.15. The first-order chi connectivity index (χ1) is 15.0. The van der Waals surface area contributed by atoms with E-state index in [0.29, 0.717) is 6.42 Å². The maximum Gasteiger partial charge on any atom is 0.436 e. The number of hydrogen-bond donors (Lipinski definition) is 0. The Hall–Kier alpha value is -2.86. The molecule has 0 bridgehead atoms. The van der Waals surface area contributed by atoms with Gasteiger partial charge in [0.05, 0.1) is 19.6 Å². The van der Waals surface area contributed by atoms with Gasteiger partial charge in [-0.2, -0.15) is 18.3 Å². The van der Waals surface area contributed by atoms with Crippen molar-refractivity contribution in [1.82, 2.24) is 24.2 Å². The van der Waals surface area contributed by atoms with Crippen LogP contribution in [-0.4, -0.2) is 55.6 Å². The van der Waals surface area contributed by atoms with E-state index in [1.54, 1.807) is 6.92 Å². The van der Waals surface area contributed by atoms with Gasteiger partial charge in [0.1, 0.15) is 11.9 Å². The van der Waals surface area contributed by atoms with E-state index in [-0.39, 0.29) is 18.2 Å². The summed E-state index contributed by atoms with van der Waals surface area (Å²) >= 11 is 0. The number of carbonyl (C=O) groups is 1. The molecule has 2 aliphatic rings.